The van der Waals surface area contributed by atoms with E-state index in [0.29, 0.717) is 26.1 Å². The SMILES string of the molecule is C=CCN(CCC)C(=O)[C@H]1[C@H]2C(=O)N(CCO)C(C(=O)N(CC=C)C(C)CCC)C23CC(C)[C@]1(C)O3. The molecule has 0 saturated carbocycles. The highest BCUT2D eigenvalue weighted by molar-refractivity contribution is 5.99. The molecule has 7 atom stereocenters. The molecule has 4 unspecified atom stereocenters. The van der Waals surface area contributed by atoms with Crippen LogP contribution in [0.15, 0.2) is 25.3 Å². The third-order valence-corrected chi connectivity index (χ3v) is 8.66. The number of hydrogen-bond acceptors (Lipinski definition) is 5. The van der Waals surface area contributed by atoms with E-state index in [2.05, 4.69) is 20.1 Å². The third kappa shape index (κ3) is 4.30. The fourth-order valence-corrected chi connectivity index (χ4v) is 7.01. The zero-order valence-corrected chi connectivity index (χ0v) is 22.7. The standard InChI is InChI=1S/C28H45N3O5/c1-8-12-20(6)30(15-11-4)26(35)23-28-18-19(5)27(7,36-28)21(22(28)25(34)31(23)16-17-32)24(33)29(13-9-2)14-10-3/h9,11,19-23,32H,2,4,8,10,12-18H2,1,3,5-7H3/t19?,20?,21-,22+,23?,27+,28?/m1/s1. The Morgan fingerprint density at radius 1 is 1.22 bits per heavy atom. The lowest BCUT2D eigenvalue weighted by atomic mass is 9.62. The van der Waals surface area contributed by atoms with E-state index in [1.54, 1.807) is 22.0 Å². The Bertz CT molecular complexity index is 877. The Morgan fingerprint density at radius 3 is 2.44 bits per heavy atom. The molecule has 8 nitrogen and oxygen atoms in total. The second-order valence-electron chi connectivity index (χ2n) is 10.9. The van der Waals surface area contributed by atoms with Crippen LogP contribution in [-0.4, -0.2) is 93.6 Å². The van der Waals surface area contributed by atoms with Crippen molar-refractivity contribution in [3.8, 4) is 0 Å². The van der Waals surface area contributed by atoms with Crippen LogP contribution in [0.5, 0.6) is 0 Å². The smallest absolute Gasteiger partial charge is 0.248 e. The molecule has 3 amide bonds. The maximum absolute atomic E-state index is 14.2. The van der Waals surface area contributed by atoms with Crippen LogP contribution in [-0.2, 0) is 19.1 Å². The van der Waals surface area contributed by atoms with Gasteiger partial charge in [0.25, 0.3) is 0 Å². The van der Waals surface area contributed by atoms with Crippen molar-refractivity contribution in [2.45, 2.75) is 83.6 Å². The van der Waals surface area contributed by atoms with Crippen molar-refractivity contribution in [1.29, 1.82) is 0 Å². The topological polar surface area (TPSA) is 90.4 Å². The van der Waals surface area contributed by atoms with Gasteiger partial charge in [-0.05, 0) is 39.0 Å². The molecule has 3 aliphatic heterocycles. The van der Waals surface area contributed by atoms with Gasteiger partial charge in [-0.1, -0.05) is 39.3 Å². The summed E-state index contributed by atoms with van der Waals surface area (Å²) < 4.78 is 6.78. The van der Waals surface area contributed by atoms with Gasteiger partial charge in [-0.3, -0.25) is 14.4 Å². The highest BCUT2D eigenvalue weighted by atomic mass is 16.5. The maximum Gasteiger partial charge on any atom is 0.248 e. The Hall–Kier alpha value is -2.19. The first kappa shape index (κ1) is 28.4. The number of fused-ring (bicyclic) bond motifs is 1. The van der Waals surface area contributed by atoms with Crippen molar-refractivity contribution in [3.63, 3.8) is 0 Å². The summed E-state index contributed by atoms with van der Waals surface area (Å²) in [6, 6.07) is -0.929. The zero-order valence-electron chi connectivity index (χ0n) is 22.7. The number of nitrogens with zero attached hydrogens (tertiary/aromatic N) is 3. The largest absolute Gasteiger partial charge is 0.395 e. The van der Waals surface area contributed by atoms with Gasteiger partial charge in [0.2, 0.25) is 17.7 Å². The number of amides is 3. The second-order valence-corrected chi connectivity index (χ2v) is 10.9. The van der Waals surface area contributed by atoms with E-state index in [4.69, 9.17) is 4.74 Å². The zero-order chi connectivity index (χ0) is 26.8. The molecule has 3 heterocycles. The number of carbonyl (C=O) groups excluding carboxylic acids is 3. The van der Waals surface area contributed by atoms with Crippen molar-refractivity contribution in [3.05, 3.63) is 25.3 Å². The fourth-order valence-electron chi connectivity index (χ4n) is 7.01. The van der Waals surface area contributed by atoms with E-state index in [-0.39, 0.29) is 42.8 Å². The van der Waals surface area contributed by atoms with Crippen LogP contribution in [0.4, 0.5) is 0 Å². The first-order valence-electron chi connectivity index (χ1n) is 13.5. The van der Waals surface area contributed by atoms with E-state index in [0.717, 1.165) is 19.3 Å². The van der Waals surface area contributed by atoms with E-state index < -0.39 is 29.1 Å². The molecular weight excluding hydrogens is 458 g/mol. The Labute approximate surface area is 216 Å². The predicted molar refractivity (Wildman–Crippen MR) is 139 cm³/mol. The van der Waals surface area contributed by atoms with E-state index in [1.165, 1.54) is 4.90 Å². The highest BCUT2D eigenvalue weighted by Crippen LogP contribution is 2.65. The number of aliphatic hydroxyl groups excluding tert-OH is 1. The van der Waals surface area contributed by atoms with Gasteiger partial charge in [-0.2, -0.15) is 0 Å². The normalized spacial score (nSPS) is 33.4. The lowest BCUT2D eigenvalue weighted by Crippen LogP contribution is -2.58. The molecule has 1 N–H and O–H groups in total. The Kier molecular flexibility index (Phi) is 8.71. The molecule has 0 aromatic heterocycles. The van der Waals surface area contributed by atoms with Gasteiger partial charge >= 0.3 is 0 Å². The molecule has 202 valence electrons. The summed E-state index contributed by atoms with van der Waals surface area (Å²) in [5.41, 5.74) is -1.96. The minimum atomic E-state index is -1.10. The molecule has 1 spiro atoms. The van der Waals surface area contributed by atoms with Crippen LogP contribution in [0, 0.1) is 17.8 Å². The van der Waals surface area contributed by atoms with Crippen molar-refractivity contribution in [2.75, 3.05) is 32.8 Å². The highest BCUT2D eigenvalue weighted by Gasteiger charge is 2.80. The van der Waals surface area contributed by atoms with Crippen LogP contribution in [0.3, 0.4) is 0 Å². The van der Waals surface area contributed by atoms with Gasteiger partial charge < -0.3 is 24.5 Å². The number of carbonyl (C=O) groups is 3. The maximum atomic E-state index is 14.2. The minimum Gasteiger partial charge on any atom is -0.395 e. The second kappa shape index (κ2) is 11.1. The lowest BCUT2D eigenvalue weighted by Gasteiger charge is -2.39. The average molecular weight is 504 g/mol. The van der Waals surface area contributed by atoms with Gasteiger partial charge in [0.05, 0.1) is 24.0 Å². The van der Waals surface area contributed by atoms with Crippen molar-refractivity contribution in [2.24, 2.45) is 17.8 Å². The van der Waals surface area contributed by atoms with Crippen molar-refractivity contribution in [1.82, 2.24) is 14.7 Å². The van der Waals surface area contributed by atoms with E-state index in [1.807, 2.05) is 27.7 Å². The summed E-state index contributed by atoms with van der Waals surface area (Å²) in [5.74, 6) is -2.06. The van der Waals surface area contributed by atoms with E-state index in [9.17, 15) is 19.5 Å². The predicted octanol–water partition coefficient (Wildman–Crippen LogP) is 2.62. The molecule has 0 aromatic rings. The monoisotopic (exact) mass is 503 g/mol. The van der Waals surface area contributed by atoms with E-state index >= 15 is 0 Å². The third-order valence-electron chi connectivity index (χ3n) is 8.66. The van der Waals surface area contributed by atoms with Gasteiger partial charge in [0.1, 0.15) is 11.6 Å². The molecule has 0 aromatic carbocycles. The van der Waals surface area contributed by atoms with Crippen LogP contribution < -0.4 is 0 Å². The molecule has 3 saturated heterocycles. The molecule has 0 radical (unpaired) electrons. The van der Waals surface area contributed by atoms with Crippen molar-refractivity contribution >= 4 is 17.7 Å². The van der Waals surface area contributed by atoms with Gasteiger partial charge in [0.15, 0.2) is 0 Å². The molecule has 2 bridgehead atoms. The molecule has 8 heteroatoms. The van der Waals surface area contributed by atoms with Crippen LogP contribution in [0.1, 0.15) is 60.3 Å². The number of hydrogen-bond donors (Lipinski definition) is 1. The molecule has 0 aliphatic carbocycles. The minimum absolute atomic E-state index is 0.0204. The first-order chi connectivity index (χ1) is 17.1. The number of ether oxygens (including phenoxy) is 1. The lowest BCUT2D eigenvalue weighted by molar-refractivity contribution is -0.156. The summed E-state index contributed by atoms with van der Waals surface area (Å²) in [7, 11) is 0. The number of rotatable bonds is 13. The van der Waals surface area contributed by atoms with Gasteiger partial charge in [-0.25, -0.2) is 0 Å². The summed E-state index contributed by atoms with van der Waals surface area (Å²) in [6.45, 7) is 18.8. The number of aliphatic hydroxyl groups is 1. The fraction of sp³-hybridized carbons (Fsp3) is 0.750. The summed E-state index contributed by atoms with van der Waals surface area (Å²) >= 11 is 0. The molecule has 3 aliphatic rings. The average Bonchev–Trinajstić information content (AvgIpc) is 3.34. The molecule has 3 fully saturated rings. The quantitative estimate of drug-likeness (QED) is 0.390. The summed E-state index contributed by atoms with van der Waals surface area (Å²) in [5, 5.41) is 9.85. The number of β-amino-alcohol motifs (C(OH)–C–C–N with tert-alkyl or cyclic N) is 1. The Morgan fingerprint density at radius 2 is 1.89 bits per heavy atom. The molecular formula is C28H45N3O5. The van der Waals surface area contributed by atoms with Crippen molar-refractivity contribution < 1.29 is 24.2 Å². The van der Waals surface area contributed by atoms with Gasteiger partial charge in [0, 0.05) is 32.2 Å². The van der Waals surface area contributed by atoms with Crippen LogP contribution >= 0.6 is 0 Å². The Balaban J connectivity index is 2.11. The van der Waals surface area contributed by atoms with Crippen LogP contribution in [0.2, 0.25) is 0 Å². The van der Waals surface area contributed by atoms with Gasteiger partial charge in [-0.15, -0.1) is 13.2 Å². The number of likely N-dealkylation sites (tertiary alicyclic amines) is 1. The summed E-state index contributed by atoms with van der Waals surface area (Å²) in [6.07, 6.45) is 6.44. The van der Waals surface area contributed by atoms with Crippen LogP contribution in [0.25, 0.3) is 0 Å². The molecule has 36 heavy (non-hydrogen) atoms. The summed E-state index contributed by atoms with van der Waals surface area (Å²) in [4.78, 5) is 47.3. The first-order valence-corrected chi connectivity index (χ1v) is 13.5. The molecule has 3 rings (SSSR count).